The lowest BCUT2D eigenvalue weighted by molar-refractivity contribution is 0.0637. The van der Waals surface area contributed by atoms with Gasteiger partial charge in [-0.25, -0.2) is 0 Å². The highest BCUT2D eigenvalue weighted by molar-refractivity contribution is 5.17. The van der Waals surface area contributed by atoms with Crippen molar-refractivity contribution in [2.45, 2.75) is 64.2 Å². The molecular weight excluding hydrogens is 204 g/mol. The maximum absolute atomic E-state index is 2.69. The van der Waals surface area contributed by atoms with E-state index in [9.17, 15) is 0 Å². The molecule has 0 aromatic rings. The first kappa shape index (κ1) is 10.6. The van der Waals surface area contributed by atoms with Crippen molar-refractivity contribution in [1.29, 1.82) is 0 Å². The maximum atomic E-state index is 2.69. The van der Waals surface area contributed by atoms with Crippen molar-refractivity contribution in [1.82, 2.24) is 0 Å². The molecule has 0 aromatic carbocycles. The fourth-order valence-electron chi connectivity index (χ4n) is 5.87. The summed E-state index contributed by atoms with van der Waals surface area (Å²) in [4.78, 5) is 0. The molecule has 3 fully saturated rings. The van der Waals surface area contributed by atoms with Gasteiger partial charge in [-0.05, 0) is 74.5 Å². The molecule has 0 heterocycles. The Hall–Kier alpha value is -0.260. The molecule has 4 aliphatic rings. The van der Waals surface area contributed by atoms with Gasteiger partial charge in [-0.2, -0.15) is 0 Å². The van der Waals surface area contributed by atoms with Crippen LogP contribution in [0.2, 0.25) is 0 Å². The summed E-state index contributed by atoms with van der Waals surface area (Å²) in [6, 6.07) is 0. The predicted octanol–water partition coefficient (Wildman–Crippen LogP) is 4.95. The molecule has 17 heavy (non-hydrogen) atoms. The molecule has 0 N–H and O–H groups in total. The van der Waals surface area contributed by atoms with E-state index in [2.05, 4.69) is 6.08 Å². The van der Waals surface area contributed by atoms with Crippen molar-refractivity contribution >= 4 is 0 Å². The zero-order valence-corrected chi connectivity index (χ0v) is 11.0. The Morgan fingerprint density at radius 2 is 1.76 bits per heavy atom. The highest BCUT2D eigenvalue weighted by atomic mass is 14.5. The van der Waals surface area contributed by atoms with Crippen LogP contribution >= 0.6 is 0 Å². The van der Waals surface area contributed by atoms with Gasteiger partial charge in [0.25, 0.3) is 0 Å². The zero-order chi connectivity index (χ0) is 11.2. The second-order valence-electron chi connectivity index (χ2n) is 7.13. The SMILES string of the molecule is C1=C2CCCCC2C2CCC3CCCC3C2C1. The molecule has 0 aromatic heterocycles. The summed E-state index contributed by atoms with van der Waals surface area (Å²) >= 11 is 0. The van der Waals surface area contributed by atoms with E-state index < -0.39 is 0 Å². The van der Waals surface area contributed by atoms with Gasteiger partial charge >= 0.3 is 0 Å². The topological polar surface area (TPSA) is 0 Å². The lowest BCUT2D eigenvalue weighted by atomic mass is 9.57. The highest BCUT2D eigenvalue weighted by Crippen LogP contribution is 2.56. The minimum absolute atomic E-state index is 1.03. The first-order chi connectivity index (χ1) is 8.43. The Kier molecular flexibility index (Phi) is 2.59. The molecule has 0 bridgehead atoms. The largest absolute Gasteiger partial charge is 0.0847 e. The summed E-state index contributed by atoms with van der Waals surface area (Å²) in [5, 5.41) is 0. The van der Waals surface area contributed by atoms with Gasteiger partial charge in [-0.15, -0.1) is 0 Å². The first-order valence-corrected chi connectivity index (χ1v) is 8.12. The molecule has 0 nitrogen and oxygen atoms in total. The summed E-state index contributed by atoms with van der Waals surface area (Å²) in [6.45, 7) is 0. The van der Waals surface area contributed by atoms with Gasteiger partial charge in [0.15, 0.2) is 0 Å². The quantitative estimate of drug-likeness (QED) is 0.517. The molecule has 3 saturated carbocycles. The molecule has 0 heteroatoms. The van der Waals surface area contributed by atoms with Crippen LogP contribution in [0.1, 0.15) is 64.2 Å². The average molecular weight is 230 g/mol. The number of rotatable bonds is 0. The van der Waals surface area contributed by atoms with E-state index in [0.717, 1.165) is 29.6 Å². The minimum Gasteiger partial charge on any atom is -0.0847 e. The minimum atomic E-state index is 1.03. The van der Waals surface area contributed by atoms with E-state index in [0.29, 0.717) is 0 Å². The molecular formula is C17H26. The maximum Gasteiger partial charge on any atom is -0.0172 e. The van der Waals surface area contributed by atoms with Gasteiger partial charge in [0.1, 0.15) is 0 Å². The standard InChI is InChI=1S/C17H26/c1-2-6-14-12(4-1)8-10-17-15-7-3-5-13(15)9-11-16(14)17/h8,13-17H,1-7,9-11H2. The lowest BCUT2D eigenvalue weighted by Gasteiger charge is -2.48. The number of hydrogen-bond donors (Lipinski definition) is 0. The Bertz CT molecular complexity index is 327. The van der Waals surface area contributed by atoms with Crippen molar-refractivity contribution < 1.29 is 0 Å². The van der Waals surface area contributed by atoms with E-state index in [1.54, 1.807) is 32.1 Å². The number of hydrogen-bond acceptors (Lipinski definition) is 0. The molecule has 0 spiro atoms. The summed E-state index contributed by atoms with van der Waals surface area (Å²) in [5.74, 6) is 5.50. The van der Waals surface area contributed by atoms with Crippen LogP contribution in [0, 0.1) is 29.6 Å². The molecule has 4 aliphatic carbocycles. The van der Waals surface area contributed by atoms with Gasteiger partial charge in [0, 0.05) is 0 Å². The third-order valence-electron chi connectivity index (χ3n) is 6.56. The molecule has 0 aliphatic heterocycles. The Morgan fingerprint density at radius 1 is 0.765 bits per heavy atom. The summed E-state index contributed by atoms with van der Waals surface area (Å²) in [5.41, 5.74) is 1.88. The van der Waals surface area contributed by atoms with Crippen molar-refractivity contribution in [2.24, 2.45) is 29.6 Å². The van der Waals surface area contributed by atoms with Gasteiger partial charge in [0.05, 0.1) is 0 Å². The molecule has 94 valence electrons. The van der Waals surface area contributed by atoms with E-state index in [4.69, 9.17) is 0 Å². The van der Waals surface area contributed by atoms with E-state index in [-0.39, 0.29) is 0 Å². The van der Waals surface area contributed by atoms with Crippen LogP contribution in [-0.2, 0) is 0 Å². The summed E-state index contributed by atoms with van der Waals surface area (Å²) in [6.07, 6.45) is 17.9. The van der Waals surface area contributed by atoms with Crippen LogP contribution < -0.4 is 0 Å². The second kappa shape index (κ2) is 4.14. The smallest absolute Gasteiger partial charge is 0.0172 e. The van der Waals surface area contributed by atoms with Gasteiger partial charge in [-0.1, -0.05) is 30.9 Å². The highest BCUT2D eigenvalue weighted by Gasteiger charge is 2.46. The molecule has 0 radical (unpaired) electrons. The van der Waals surface area contributed by atoms with E-state index in [1.807, 2.05) is 5.57 Å². The third-order valence-corrected chi connectivity index (χ3v) is 6.56. The summed E-state index contributed by atoms with van der Waals surface area (Å²) in [7, 11) is 0. The molecule has 0 saturated heterocycles. The van der Waals surface area contributed by atoms with Crippen LogP contribution in [0.5, 0.6) is 0 Å². The van der Waals surface area contributed by atoms with Crippen molar-refractivity contribution in [3.63, 3.8) is 0 Å². The van der Waals surface area contributed by atoms with Crippen LogP contribution in [-0.4, -0.2) is 0 Å². The lowest BCUT2D eigenvalue weighted by Crippen LogP contribution is -2.39. The molecule has 4 rings (SSSR count). The molecule has 5 atom stereocenters. The Morgan fingerprint density at radius 3 is 2.76 bits per heavy atom. The summed E-state index contributed by atoms with van der Waals surface area (Å²) < 4.78 is 0. The zero-order valence-electron chi connectivity index (χ0n) is 11.0. The van der Waals surface area contributed by atoms with Gasteiger partial charge in [0.2, 0.25) is 0 Å². The van der Waals surface area contributed by atoms with Crippen molar-refractivity contribution in [3.8, 4) is 0 Å². The predicted molar refractivity (Wildman–Crippen MR) is 71.7 cm³/mol. The van der Waals surface area contributed by atoms with Crippen LogP contribution in [0.15, 0.2) is 11.6 Å². The second-order valence-corrected chi connectivity index (χ2v) is 7.13. The van der Waals surface area contributed by atoms with Gasteiger partial charge in [-0.3, -0.25) is 0 Å². The van der Waals surface area contributed by atoms with Gasteiger partial charge < -0.3 is 0 Å². The number of allylic oxidation sites excluding steroid dienone is 2. The average Bonchev–Trinajstić information content (AvgIpc) is 2.86. The normalized spacial score (nSPS) is 48.9. The molecule has 0 amide bonds. The van der Waals surface area contributed by atoms with Crippen LogP contribution in [0.3, 0.4) is 0 Å². The van der Waals surface area contributed by atoms with Crippen molar-refractivity contribution in [3.05, 3.63) is 11.6 Å². The molecule has 5 unspecified atom stereocenters. The number of fused-ring (bicyclic) bond motifs is 5. The Balaban J connectivity index is 1.62. The van der Waals surface area contributed by atoms with Crippen molar-refractivity contribution in [2.75, 3.05) is 0 Å². The van der Waals surface area contributed by atoms with Crippen LogP contribution in [0.4, 0.5) is 0 Å². The Labute approximate surface area is 106 Å². The first-order valence-electron chi connectivity index (χ1n) is 8.12. The van der Waals surface area contributed by atoms with E-state index in [1.165, 1.54) is 32.1 Å². The fourth-order valence-corrected chi connectivity index (χ4v) is 5.87. The van der Waals surface area contributed by atoms with E-state index >= 15 is 0 Å². The fraction of sp³-hybridized carbons (Fsp3) is 0.882. The third kappa shape index (κ3) is 1.63. The van der Waals surface area contributed by atoms with Crippen LogP contribution in [0.25, 0.3) is 0 Å². The monoisotopic (exact) mass is 230 g/mol.